The van der Waals surface area contributed by atoms with Crippen molar-refractivity contribution in [1.82, 2.24) is 10.5 Å². The number of rotatable bonds is 3. The fraction of sp³-hybridized carbons (Fsp3) is 0.636. The van der Waals surface area contributed by atoms with Gasteiger partial charge in [0, 0.05) is 11.4 Å². The van der Waals surface area contributed by atoms with Crippen LogP contribution < -0.4 is 5.32 Å². The Morgan fingerprint density at radius 1 is 1.62 bits per heavy atom. The first-order valence-corrected chi connectivity index (χ1v) is 6.59. The maximum Gasteiger partial charge on any atom is 0.273 e. The molecule has 4 nitrogen and oxygen atoms in total. The fourth-order valence-corrected chi connectivity index (χ4v) is 2.82. The zero-order chi connectivity index (χ0) is 11.6. The van der Waals surface area contributed by atoms with Gasteiger partial charge in [-0.3, -0.25) is 4.79 Å². The molecule has 5 heteroatoms. The Bertz CT molecular complexity index is 383. The molecular weight excluding hydrogens is 272 g/mol. The number of halogens is 1. The molecule has 1 aromatic heterocycles. The lowest BCUT2D eigenvalue weighted by molar-refractivity contribution is 0.0901. The number of alkyl halides is 1. The topological polar surface area (TPSA) is 55.1 Å². The lowest BCUT2D eigenvalue weighted by atomic mass is 10.0. The van der Waals surface area contributed by atoms with E-state index < -0.39 is 0 Å². The van der Waals surface area contributed by atoms with Gasteiger partial charge in [-0.1, -0.05) is 33.9 Å². The van der Waals surface area contributed by atoms with E-state index in [2.05, 4.69) is 26.4 Å². The van der Waals surface area contributed by atoms with Crippen LogP contribution in [-0.2, 0) is 0 Å². The molecule has 0 atom stereocenters. The Morgan fingerprint density at radius 3 is 2.81 bits per heavy atom. The van der Waals surface area contributed by atoms with Crippen LogP contribution in [-0.4, -0.2) is 21.9 Å². The molecule has 0 aliphatic heterocycles. The summed E-state index contributed by atoms with van der Waals surface area (Å²) in [6, 6.07) is 1.66. The molecule has 1 saturated carbocycles. The SMILES string of the molecule is Cc1cc(C(=O)NC2(CBr)CCCC2)no1. The van der Waals surface area contributed by atoms with Crippen molar-refractivity contribution in [2.75, 3.05) is 5.33 Å². The summed E-state index contributed by atoms with van der Waals surface area (Å²) in [5.41, 5.74) is 0.272. The van der Waals surface area contributed by atoms with Crippen LogP contribution in [0.15, 0.2) is 10.6 Å². The minimum atomic E-state index is -0.141. The van der Waals surface area contributed by atoms with Gasteiger partial charge in [0.1, 0.15) is 5.76 Å². The zero-order valence-corrected chi connectivity index (χ0v) is 10.8. The molecule has 0 radical (unpaired) electrons. The normalized spacial score (nSPS) is 18.6. The molecule has 1 aromatic rings. The molecule has 1 aliphatic carbocycles. The van der Waals surface area contributed by atoms with Gasteiger partial charge in [0.2, 0.25) is 0 Å². The molecule has 16 heavy (non-hydrogen) atoms. The first-order valence-electron chi connectivity index (χ1n) is 5.47. The summed E-state index contributed by atoms with van der Waals surface area (Å²) in [6.07, 6.45) is 4.40. The smallest absolute Gasteiger partial charge is 0.273 e. The van der Waals surface area contributed by atoms with E-state index >= 15 is 0 Å². The largest absolute Gasteiger partial charge is 0.361 e. The molecule has 1 fully saturated rings. The number of carbonyl (C=O) groups excluding carboxylic acids is 1. The van der Waals surface area contributed by atoms with Crippen LogP contribution >= 0.6 is 15.9 Å². The maximum absolute atomic E-state index is 11.9. The second-order valence-electron chi connectivity index (χ2n) is 4.40. The third kappa shape index (κ3) is 2.29. The van der Waals surface area contributed by atoms with Gasteiger partial charge in [-0.2, -0.15) is 0 Å². The number of nitrogens with zero attached hydrogens (tertiary/aromatic N) is 1. The molecule has 1 heterocycles. The van der Waals surface area contributed by atoms with E-state index in [0.29, 0.717) is 11.5 Å². The first-order chi connectivity index (χ1) is 7.65. The summed E-state index contributed by atoms with van der Waals surface area (Å²) < 4.78 is 4.89. The minimum Gasteiger partial charge on any atom is -0.361 e. The number of aryl methyl sites for hydroxylation is 1. The highest BCUT2D eigenvalue weighted by Crippen LogP contribution is 2.31. The van der Waals surface area contributed by atoms with E-state index in [1.165, 1.54) is 12.8 Å². The Labute approximate surface area is 103 Å². The molecule has 1 N–H and O–H groups in total. The van der Waals surface area contributed by atoms with Crippen molar-refractivity contribution < 1.29 is 9.32 Å². The Kier molecular flexibility index (Phi) is 3.33. The summed E-state index contributed by atoms with van der Waals surface area (Å²) in [5.74, 6) is 0.516. The van der Waals surface area contributed by atoms with Gasteiger partial charge in [-0.05, 0) is 19.8 Å². The summed E-state index contributed by atoms with van der Waals surface area (Å²) in [4.78, 5) is 11.9. The fourth-order valence-electron chi connectivity index (χ4n) is 2.12. The second-order valence-corrected chi connectivity index (χ2v) is 4.96. The third-order valence-corrected chi connectivity index (χ3v) is 4.13. The van der Waals surface area contributed by atoms with E-state index in [1.807, 2.05) is 0 Å². The van der Waals surface area contributed by atoms with E-state index in [9.17, 15) is 4.79 Å². The average molecular weight is 287 g/mol. The van der Waals surface area contributed by atoms with E-state index in [4.69, 9.17) is 4.52 Å². The predicted octanol–water partition coefficient (Wildman–Crippen LogP) is 2.42. The van der Waals surface area contributed by atoms with Crippen LogP contribution in [0.4, 0.5) is 0 Å². The molecule has 0 aromatic carbocycles. The summed E-state index contributed by atoms with van der Waals surface area (Å²) in [7, 11) is 0. The van der Waals surface area contributed by atoms with Gasteiger partial charge in [-0.15, -0.1) is 0 Å². The predicted molar refractivity (Wildman–Crippen MR) is 63.7 cm³/mol. The van der Waals surface area contributed by atoms with Crippen LogP contribution in [0, 0.1) is 6.92 Å². The van der Waals surface area contributed by atoms with Crippen LogP contribution in [0.5, 0.6) is 0 Å². The van der Waals surface area contributed by atoms with Gasteiger partial charge < -0.3 is 9.84 Å². The van der Waals surface area contributed by atoms with E-state index in [-0.39, 0.29) is 11.4 Å². The molecule has 2 rings (SSSR count). The molecule has 0 bridgehead atoms. The van der Waals surface area contributed by atoms with Crippen LogP contribution in [0.1, 0.15) is 41.9 Å². The summed E-state index contributed by atoms with van der Waals surface area (Å²) in [5, 5.41) is 7.58. The number of aromatic nitrogens is 1. The molecule has 0 spiro atoms. The molecule has 0 unspecified atom stereocenters. The van der Waals surface area contributed by atoms with Crippen LogP contribution in [0.2, 0.25) is 0 Å². The van der Waals surface area contributed by atoms with Gasteiger partial charge in [-0.25, -0.2) is 0 Å². The number of nitrogens with one attached hydrogen (secondary N) is 1. The second kappa shape index (κ2) is 4.57. The van der Waals surface area contributed by atoms with Crippen molar-refractivity contribution in [3.8, 4) is 0 Å². The van der Waals surface area contributed by atoms with Crippen molar-refractivity contribution in [3.63, 3.8) is 0 Å². The quantitative estimate of drug-likeness (QED) is 0.869. The van der Waals surface area contributed by atoms with E-state index in [0.717, 1.165) is 18.2 Å². The van der Waals surface area contributed by atoms with Crippen molar-refractivity contribution in [3.05, 3.63) is 17.5 Å². The molecule has 1 aliphatic rings. The Hall–Kier alpha value is -0.840. The van der Waals surface area contributed by atoms with Crippen molar-refractivity contribution >= 4 is 21.8 Å². The van der Waals surface area contributed by atoms with Crippen molar-refractivity contribution in [2.24, 2.45) is 0 Å². The summed E-state index contributed by atoms with van der Waals surface area (Å²) in [6.45, 7) is 1.78. The molecule has 88 valence electrons. The average Bonchev–Trinajstić information content (AvgIpc) is 2.88. The lowest BCUT2D eigenvalue weighted by Gasteiger charge is -2.27. The van der Waals surface area contributed by atoms with Crippen LogP contribution in [0.3, 0.4) is 0 Å². The minimum absolute atomic E-state index is 0.0933. The maximum atomic E-state index is 11.9. The number of hydrogen-bond donors (Lipinski definition) is 1. The highest BCUT2D eigenvalue weighted by molar-refractivity contribution is 9.09. The number of hydrogen-bond acceptors (Lipinski definition) is 3. The van der Waals surface area contributed by atoms with Gasteiger partial charge in [0.15, 0.2) is 5.69 Å². The van der Waals surface area contributed by atoms with Gasteiger partial charge >= 0.3 is 0 Å². The van der Waals surface area contributed by atoms with E-state index in [1.54, 1.807) is 13.0 Å². The highest BCUT2D eigenvalue weighted by Gasteiger charge is 2.34. The van der Waals surface area contributed by atoms with Crippen molar-refractivity contribution in [2.45, 2.75) is 38.1 Å². The molecular formula is C11H15BrN2O2. The first kappa shape index (κ1) is 11.6. The van der Waals surface area contributed by atoms with Gasteiger partial charge in [0.05, 0.1) is 5.54 Å². The number of amides is 1. The van der Waals surface area contributed by atoms with Gasteiger partial charge in [0.25, 0.3) is 5.91 Å². The third-order valence-electron chi connectivity index (χ3n) is 3.06. The zero-order valence-electron chi connectivity index (χ0n) is 9.25. The molecule has 1 amide bonds. The Balaban J connectivity index is 2.06. The standard InChI is InChI=1S/C11H15BrN2O2/c1-8-6-9(14-16-8)10(15)13-11(7-12)4-2-3-5-11/h6H,2-5,7H2,1H3,(H,13,15). The highest BCUT2D eigenvalue weighted by atomic mass is 79.9. The number of carbonyl (C=O) groups is 1. The van der Waals surface area contributed by atoms with Crippen LogP contribution in [0.25, 0.3) is 0 Å². The van der Waals surface area contributed by atoms with Crippen molar-refractivity contribution in [1.29, 1.82) is 0 Å². The Morgan fingerprint density at radius 2 is 2.31 bits per heavy atom. The summed E-state index contributed by atoms with van der Waals surface area (Å²) >= 11 is 3.48. The monoisotopic (exact) mass is 286 g/mol. The molecule has 0 saturated heterocycles. The lowest BCUT2D eigenvalue weighted by Crippen LogP contribution is -2.47.